The lowest BCUT2D eigenvalue weighted by molar-refractivity contribution is -0.131. The van der Waals surface area contributed by atoms with E-state index < -0.39 is 5.41 Å². The van der Waals surface area contributed by atoms with Gasteiger partial charge in [0, 0.05) is 19.6 Å². The first-order valence-corrected chi connectivity index (χ1v) is 6.86. The van der Waals surface area contributed by atoms with Crippen LogP contribution in [0.5, 0.6) is 0 Å². The number of nitrogens with one attached hydrogen (secondary N) is 1. The molecule has 3 N–H and O–H groups in total. The van der Waals surface area contributed by atoms with Gasteiger partial charge < -0.3 is 16.0 Å². The van der Waals surface area contributed by atoms with Crippen molar-refractivity contribution in [3.05, 3.63) is 0 Å². The van der Waals surface area contributed by atoms with Crippen LogP contribution in [0.2, 0.25) is 0 Å². The average molecular weight is 257 g/mol. The molecule has 0 aromatic rings. The largest absolute Gasteiger partial charge is 0.355 e. The van der Waals surface area contributed by atoms with Crippen LogP contribution >= 0.6 is 0 Å². The molecule has 1 amide bonds. The normalized spacial score (nSPS) is 12.9. The van der Waals surface area contributed by atoms with Crippen LogP contribution in [0, 0.1) is 10.8 Å². The van der Waals surface area contributed by atoms with Crippen molar-refractivity contribution in [1.82, 2.24) is 10.2 Å². The zero-order valence-corrected chi connectivity index (χ0v) is 13.0. The Labute approximate surface area is 112 Å². The van der Waals surface area contributed by atoms with Gasteiger partial charge in [-0.2, -0.15) is 0 Å². The van der Waals surface area contributed by atoms with Crippen molar-refractivity contribution < 1.29 is 4.79 Å². The van der Waals surface area contributed by atoms with E-state index in [-0.39, 0.29) is 11.3 Å². The van der Waals surface area contributed by atoms with Crippen LogP contribution in [0.3, 0.4) is 0 Å². The summed E-state index contributed by atoms with van der Waals surface area (Å²) < 4.78 is 0. The zero-order valence-electron chi connectivity index (χ0n) is 13.0. The second kappa shape index (κ2) is 7.10. The van der Waals surface area contributed by atoms with Crippen molar-refractivity contribution >= 4 is 5.91 Å². The Morgan fingerprint density at radius 1 is 1.22 bits per heavy atom. The van der Waals surface area contributed by atoms with Gasteiger partial charge in [-0.05, 0) is 32.4 Å². The van der Waals surface area contributed by atoms with Crippen molar-refractivity contribution in [2.45, 2.75) is 40.5 Å². The number of carbonyl (C=O) groups is 1. The summed E-state index contributed by atoms with van der Waals surface area (Å²) >= 11 is 0. The van der Waals surface area contributed by atoms with Crippen LogP contribution in [0.1, 0.15) is 40.5 Å². The van der Waals surface area contributed by atoms with Gasteiger partial charge in [-0.3, -0.25) is 4.79 Å². The molecule has 0 bridgehead atoms. The van der Waals surface area contributed by atoms with Gasteiger partial charge in [0.2, 0.25) is 5.91 Å². The fourth-order valence-corrected chi connectivity index (χ4v) is 2.37. The smallest absolute Gasteiger partial charge is 0.227 e. The van der Waals surface area contributed by atoms with Crippen LogP contribution < -0.4 is 11.1 Å². The average Bonchev–Trinajstić information content (AvgIpc) is 2.28. The molecule has 0 saturated heterocycles. The molecule has 4 nitrogen and oxygen atoms in total. The monoisotopic (exact) mass is 257 g/mol. The molecule has 0 saturated carbocycles. The van der Waals surface area contributed by atoms with Gasteiger partial charge in [0.25, 0.3) is 0 Å². The minimum Gasteiger partial charge on any atom is -0.355 e. The van der Waals surface area contributed by atoms with E-state index in [1.165, 1.54) is 0 Å². The van der Waals surface area contributed by atoms with E-state index >= 15 is 0 Å². The molecule has 0 aromatic carbocycles. The summed E-state index contributed by atoms with van der Waals surface area (Å²) in [5.74, 6) is 0.0989. The van der Waals surface area contributed by atoms with Gasteiger partial charge >= 0.3 is 0 Å². The number of carbonyl (C=O) groups excluding carboxylic acids is 1. The lowest BCUT2D eigenvalue weighted by Crippen LogP contribution is -2.49. The predicted octanol–water partition coefficient (Wildman–Crippen LogP) is 1.46. The van der Waals surface area contributed by atoms with E-state index in [1.807, 2.05) is 27.9 Å². The first-order valence-electron chi connectivity index (χ1n) is 6.86. The third kappa shape index (κ3) is 4.94. The summed E-state index contributed by atoms with van der Waals surface area (Å²) in [7, 11) is 4.09. The Balaban J connectivity index is 4.49. The fourth-order valence-electron chi connectivity index (χ4n) is 2.37. The minimum atomic E-state index is -0.395. The van der Waals surface area contributed by atoms with Gasteiger partial charge in [-0.25, -0.2) is 0 Å². The van der Waals surface area contributed by atoms with Gasteiger partial charge in [0.1, 0.15) is 0 Å². The number of hydrogen-bond acceptors (Lipinski definition) is 3. The molecule has 0 atom stereocenters. The first kappa shape index (κ1) is 17.4. The van der Waals surface area contributed by atoms with E-state index in [9.17, 15) is 4.79 Å². The Hall–Kier alpha value is -0.610. The van der Waals surface area contributed by atoms with E-state index in [1.54, 1.807) is 0 Å². The summed E-state index contributed by atoms with van der Waals surface area (Å²) in [6, 6.07) is 0. The van der Waals surface area contributed by atoms with Crippen molar-refractivity contribution in [2.24, 2.45) is 16.6 Å². The lowest BCUT2D eigenvalue weighted by Gasteiger charge is -2.33. The third-order valence-electron chi connectivity index (χ3n) is 3.70. The number of nitrogens with zero attached hydrogens (tertiary/aromatic N) is 1. The maximum atomic E-state index is 12.3. The van der Waals surface area contributed by atoms with Crippen LogP contribution in [-0.2, 0) is 4.79 Å². The highest BCUT2D eigenvalue weighted by molar-refractivity contribution is 5.82. The summed E-state index contributed by atoms with van der Waals surface area (Å²) in [4.78, 5) is 14.4. The fraction of sp³-hybridized carbons (Fsp3) is 0.929. The molecule has 0 aromatic heterocycles. The highest BCUT2D eigenvalue weighted by Crippen LogP contribution is 2.25. The molecule has 0 unspecified atom stereocenters. The topological polar surface area (TPSA) is 58.4 Å². The molecule has 0 rings (SSSR count). The second-order valence-corrected chi connectivity index (χ2v) is 6.28. The molecule has 0 aliphatic rings. The lowest BCUT2D eigenvalue weighted by atomic mass is 9.81. The molecule has 4 heteroatoms. The number of rotatable bonds is 8. The summed E-state index contributed by atoms with van der Waals surface area (Å²) in [6.07, 6.45) is 1.58. The van der Waals surface area contributed by atoms with E-state index in [0.29, 0.717) is 13.1 Å². The Morgan fingerprint density at radius 3 is 2.06 bits per heavy atom. The Morgan fingerprint density at radius 2 is 1.72 bits per heavy atom. The predicted molar refractivity (Wildman–Crippen MR) is 77.4 cm³/mol. The quantitative estimate of drug-likeness (QED) is 0.692. The highest BCUT2D eigenvalue weighted by Gasteiger charge is 2.34. The van der Waals surface area contributed by atoms with Crippen LogP contribution in [0.15, 0.2) is 0 Å². The molecule has 0 fully saturated rings. The van der Waals surface area contributed by atoms with Crippen LogP contribution in [0.4, 0.5) is 0 Å². The van der Waals surface area contributed by atoms with Crippen molar-refractivity contribution in [2.75, 3.05) is 33.7 Å². The van der Waals surface area contributed by atoms with Gasteiger partial charge in [-0.15, -0.1) is 0 Å². The zero-order chi connectivity index (χ0) is 14.4. The molecule has 0 radical (unpaired) electrons. The molecule has 0 aliphatic heterocycles. The van der Waals surface area contributed by atoms with Crippen molar-refractivity contribution in [3.63, 3.8) is 0 Å². The van der Waals surface area contributed by atoms with E-state index in [4.69, 9.17) is 5.73 Å². The molecule has 0 aliphatic carbocycles. The maximum Gasteiger partial charge on any atom is 0.227 e. The maximum absolute atomic E-state index is 12.3. The van der Waals surface area contributed by atoms with E-state index in [2.05, 4.69) is 24.1 Å². The standard InChI is InChI=1S/C14H31N3O/c1-7-14(8-2,9-15)12(18)16-10-13(3,4)11-17(5)6/h7-11,15H2,1-6H3,(H,16,18). The van der Waals surface area contributed by atoms with Crippen LogP contribution in [0.25, 0.3) is 0 Å². The third-order valence-corrected chi connectivity index (χ3v) is 3.70. The Kier molecular flexibility index (Phi) is 6.86. The molecular formula is C14H31N3O. The molecular weight excluding hydrogens is 226 g/mol. The minimum absolute atomic E-state index is 0.0704. The first-order chi connectivity index (χ1) is 8.23. The van der Waals surface area contributed by atoms with E-state index in [0.717, 1.165) is 19.4 Å². The summed E-state index contributed by atoms with van der Waals surface area (Å²) in [5, 5.41) is 3.08. The summed E-state index contributed by atoms with van der Waals surface area (Å²) in [5.41, 5.74) is 5.46. The van der Waals surface area contributed by atoms with Crippen molar-refractivity contribution in [3.8, 4) is 0 Å². The van der Waals surface area contributed by atoms with Gasteiger partial charge in [-0.1, -0.05) is 27.7 Å². The number of hydrogen-bond donors (Lipinski definition) is 2. The highest BCUT2D eigenvalue weighted by atomic mass is 16.2. The SMILES string of the molecule is CCC(CC)(CN)C(=O)NCC(C)(C)CN(C)C. The number of amides is 1. The summed E-state index contributed by atoms with van der Waals surface area (Å²) in [6.45, 7) is 10.4. The Bertz CT molecular complexity index is 250. The molecule has 18 heavy (non-hydrogen) atoms. The molecule has 0 heterocycles. The number of nitrogens with two attached hydrogens (primary N) is 1. The molecule has 108 valence electrons. The van der Waals surface area contributed by atoms with Gasteiger partial charge in [0.05, 0.1) is 5.41 Å². The van der Waals surface area contributed by atoms with Crippen molar-refractivity contribution in [1.29, 1.82) is 0 Å². The second-order valence-electron chi connectivity index (χ2n) is 6.28. The molecule has 0 spiro atoms. The van der Waals surface area contributed by atoms with Crippen LogP contribution in [-0.4, -0.2) is 44.5 Å². The van der Waals surface area contributed by atoms with Gasteiger partial charge in [0.15, 0.2) is 0 Å².